The van der Waals surface area contributed by atoms with Crippen molar-refractivity contribution in [2.75, 3.05) is 25.4 Å². The third-order valence-electron chi connectivity index (χ3n) is 4.46. The molecule has 0 unspecified atom stereocenters. The Hall–Kier alpha value is -2.65. The van der Waals surface area contributed by atoms with Gasteiger partial charge in [-0.1, -0.05) is 25.4 Å². The standard InChI is InChI=1S/C20H22ClN3O6S2/c1-4-24(5-2)32(27,28)12-7-8-16(21)13(9-12)19(25)30-11-15-14(10-22)18(23)31-17(15)20(26)29-6-3/h7-9H,4-6,11,23H2,1-3H3. The van der Waals surface area contributed by atoms with E-state index in [9.17, 15) is 23.3 Å². The van der Waals surface area contributed by atoms with Crippen LogP contribution < -0.4 is 5.73 Å². The average molecular weight is 500 g/mol. The minimum Gasteiger partial charge on any atom is -0.462 e. The van der Waals surface area contributed by atoms with Crippen molar-refractivity contribution in [3.63, 3.8) is 0 Å². The molecule has 0 bridgehead atoms. The first-order valence-corrected chi connectivity index (χ1v) is 12.2. The normalized spacial score (nSPS) is 11.2. The van der Waals surface area contributed by atoms with Crippen LogP contribution in [0, 0.1) is 11.3 Å². The van der Waals surface area contributed by atoms with E-state index in [0.29, 0.717) is 0 Å². The number of nitrogens with two attached hydrogens (primary N) is 1. The van der Waals surface area contributed by atoms with Crippen LogP contribution in [0.4, 0.5) is 5.00 Å². The average Bonchev–Trinajstić information content (AvgIpc) is 3.08. The number of sulfonamides is 1. The molecule has 0 atom stereocenters. The van der Waals surface area contributed by atoms with Crippen LogP contribution >= 0.6 is 22.9 Å². The number of nitrogens with zero attached hydrogens (tertiary/aromatic N) is 2. The number of carbonyl (C=O) groups excluding carboxylic acids is 2. The van der Waals surface area contributed by atoms with E-state index in [4.69, 9.17) is 26.8 Å². The van der Waals surface area contributed by atoms with Gasteiger partial charge in [-0.05, 0) is 25.1 Å². The summed E-state index contributed by atoms with van der Waals surface area (Å²) in [5.41, 5.74) is 5.76. The zero-order valence-corrected chi connectivity index (χ0v) is 20.1. The molecule has 12 heteroatoms. The van der Waals surface area contributed by atoms with Gasteiger partial charge in [-0.2, -0.15) is 9.57 Å². The van der Waals surface area contributed by atoms with Gasteiger partial charge in [0.1, 0.15) is 22.6 Å². The lowest BCUT2D eigenvalue weighted by Gasteiger charge is -2.19. The molecule has 1 aromatic heterocycles. The highest BCUT2D eigenvalue weighted by Gasteiger charge is 2.26. The quantitative estimate of drug-likeness (QED) is 0.517. The molecule has 0 aliphatic carbocycles. The summed E-state index contributed by atoms with van der Waals surface area (Å²) in [6.45, 7) is 5.21. The summed E-state index contributed by atoms with van der Waals surface area (Å²) in [7, 11) is -3.82. The van der Waals surface area contributed by atoms with E-state index in [1.54, 1.807) is 20.8 Å². The van der Waals surface area contributed by atoms with E-state index in [1.165, 1.54) is 16.4 Å². The maximum atomic E-state index is 12.8. The Morgan fingerprint density at radius 1 is 1.19 bits per heavy atom. The van der Waals surface area contributed by atoms with Crippen molar-refractivity contribution in [1.82, 2.24) is 4.31 Å². The number of hydrogen-bond acceptors (Lipinski definition) is 9. The fourth-order valence-electron chi connectivity index (χ4n) is 2.86. The highest BCUT2D eigenvalue weighted by atomic mass is 35.5. The van der Waals surface area contributed by atoms with Gasteiger partial charge >= 0.3 is 11.9 Å². The molecule has 2 aromatic rings. The van der Waals surface area contributed by atoms with Crippen LogP contribution in [-0.2, 0) is 26.1 Å². The SMILES string of the molecule is CCOC(=O)c1sc(N)c(C#N)c1COC(=O)c1cc(S(=O)(=O)N(CC)CC)ccc1Cl. The molecule has 0 aliphatic rings. The Morgan fingerprint density at radius 2 is 1.84 bits per heavy atom. The van der Waals surface area contributed by atoms with E-state index in [1.807, 2.05) is 6.07 Å². The molecule has 0 saturated carbocycles. The minimum absolute atomic E-state index is 0.00909. The van der Waals surface area contributed by atoms with E-state index in [0.717, 1.165) is 17.4 Å². The second-order valence-corrected chi connectivity index (χ2v) is 9.69. The van der Waals surface area contributed by atoms with Crippen molar-refractivity contribution in [3.05, 3.63) is 44.8 Å². The third-order valence-corrected chi connectivity index (χ3v) is 7.87. The molecule has 1 heterocycles. The lowest BCUT2D eigenvalue weighted by atomic mass is 10.1. The number of anilines is 1. The number of rotatable bonds is 9. The predicted octanol–water partition coefficient (Wildman–Crippen LogP) is 3.42. The molecular weight excluding hydrogens is 478 g/mol. The Bertz CT molecular complexity index is 1170. The van der Waals surface area contributed by atoms with Crippen LogP contribution in [0.5, 0.6) is 0 Å². The minimum atomic E-state index is -3.82. The Balaban J connectivity index is 2.36. The fourth-order valence-corrected chi connectivity index (χ4v) is 5.45. The van der Waals surface area contributed by atoms with Crippen LogP contribution in [-0.4, -0.2) is 44.4 Å². The number of nitriles is 1. The number of ether oxygens (including phenoxy) is 2. The van der Waals surface area contributed by atoms with Gasteiger partial charge in [-0.3, -0.25) is 0 Å². The monoisotopic (exact) mass is 499 g/mol. The van der Waals surface area contributed by atoms with E-state index in [-0.39, 0.29) is 56.2 Å². The molecule has 2 N–H and O–H groups in total. The van der Waals surface area contributed by atoms with Gasteiger partial charge in [0.05, 0.1) is 27.7 Å². The van der Waals surface area contributed by atoms with Crippen molar-refractivity contribution in [3.8, 4) is 6.07 Å². The van der Waals surface area contributed by atoms with Gasteiger partial charge in [-0.15, -0.1) is 11.3 Å². The Kier molecular flexibility index (Phi) is 8.63. The summed E-state index contributed by atoms with van der Waals surface area (Å²) in [4.78, 5) is 24.8. The summed E-state index contributed by atoms with van der Waals surface area (Å²) in [5.74, 6) is -1.61. The number of carbonyl (C=O) groups is 2. The van der Waals surface area contributed by atoms with Gasteiger partial charge in [-0.25, -0.2) is 18.0 Å². The summed E-state index contributed by atoms with van der Waals surface area (Å²) < 4.78 is 37.0. The Labute approximate surface area is 195 Å². The number of hydrogen-bond donors (Lipinski definition) is 1. The molecule has 0 amide bonds. The molecule has 172 valence electrons. The lowest BCUT2D eigenvalue weighted by molar-refractivity contribution is 0.0452. The first kappa shape index (κ1) is 25.6. The van der Waals surface area contributed by atoms with Crippen molar-refractivity contribution < 1.29 is 27.5 Å². The smallest absolute Gasteiger partial charge is 0.348 e. The predicted molar refractivity (Wildman–Crippen MR) is 120 cm³/mol. The largest absolute Gasteiger partial charge is 0.462 e. The second-order valence-electron chi connectivity index (χ2n) is 6.29. The first-order valence-electron chi connectivity index (χ1n) is 9.57. The molecule has 0 saturated heterocycles. The first-order chi connectivity index (χ1) is 15.1. The van der Waals surface area contributed by atoms with Crippen molar-refractivity contribution in [2.24, 2.45) is 0 Å². The van der Waals surface area contributed by atoms with Crippen molar-refractivity contribution >= 4 is 49.9 Å². The van der Waals surface area contributed by atoms with Crippen LogP contribution in [0.2, 0.25) is 5.02 Å². The summed E-state index contributed by atoms with van der Waals surface area (Å²) >= 11 is 6.96. The number of thiophene rings is 1. The summed E-state index contributed by atoms with van der Waals surface area (Å²) in [6, 6.07) is 5.62. The molecule has 2 rings (SSSR count). The molecule has 0 fully saturated rings. The third kappa shape index (κ3) is 5.21. The van der Waals surface area contributed by atoms with Gasteiger partial charge in [0.2, 0.25) is 10.0 Å². The van der Waals surface area contributed by atoms with E-state index >= 15 is 0 Å². The van der Waals surface area contributed by atoms with Gasteiger partial charge in [0.25, 0.3) is 0 Å². The van der Waals surface area contributed by atoms with Crippen molar-refractivity contribution in [2.45, 2.75) is 32.3 Å². The van der Waals surface area contributed by atoms with Gasteiger partial charge in [0, 0.05) is 18.7 Å². The van der Waals surface area contributed by atoms with Crippen molar-refractivity contribution in [1.29, 1.82) is 5.26 Å². The summed E-state index contributed by atoms with van der Waals surface area (Å²) in [5, 5.41) is 9.45. The maximum Gasteiger partial charge on any atom is 0.348 e. The number of esters is 2. The van der Waals surface area contributed by atoms with Crippen LogP contribution in [0.1, 0.15) is 51.9 Å². The molecule has 0 radical (unpaired) electrons. The molecule has 0 spiro atoms. The molecule has 0 aliphatic heterocycles. The number of benzene rings is 1. The van der Waals surface area contributed by atoms with Crippen LogP contribution in [0.3, 0.4) is 0 Å². The molecule has 9 nitrogen and oxygen atoms in total. The molecular formula is C20H22ClN3O6S2. The topological polar surface area (TPSA) is 140 Å². The Morgan fingerprint density at radius 3 is 2.41 bits per heavy atom. The molecule has 1 aromatic carbocycles. The van der Waals surface area contributed by atoms with Gasteiger partial charge in [0.15, 0.2) is 0 Å². The highest BCUT2D eigenvalue weighted by molar-refractivity contribution is 7.89. The molecule has 32 heavy (non-hydrogen) atoms. The van der Waals surface area contributed by atoms with Crippen LogP contribution in [0.15, 0.2) is 23.1 Å². The lowest BCUT2D eigenvalue weighted by Crippen LogP contribution is -2.30. The second kappa shape index (κ2) is 10.8. The van der Waals surface area contributed by atoms with Crippen LogP contribution in [0.25, 0.3) is 0 Å². The van der Waals surface area contributed by atoms with E-state index in [2.05, 4.69) is 0 Å². The zero-order chi connectivity index (χ0) is 24.1. The summed E-state index contributed by atoms with van der Waals surface area (Å²) in [6.07, 6.45) is 0. The number of nitrogen functional groups attached to an aromatic ring is 1. The van der Waals surface area contributed by atoms with E-state index < -0.39 is 28.6 Å². The zero-order valence-electron chi connectivity index (χ0n) is 17.7. The number of halogens is 1. The fraction of sp³-hybridized carbons (Fsp3) is 0.350. The van der Waals surface area contributed by atoms with Gasteiger partial charge < -0.3 is 15.2 Å². The highest BCUT2D eigenvalue weighted by Crippen LogP contribution is 2.32. The maximum absolute atomic E-state index is 12.8.